The van der Waals surface area contributed by atoms with Gasteiger partial charge in [-0.25, -0.2) is 4.98 Å². The highest BCUT2D eigenvalue weighted by molar-refractivity contribution is 5.90. The Kier molecular flexibility index (Phi) is 1.85. The van der Waals surface area contributed by atoms with E-state index in [0.717, 1.165) is 5.39 Å². The van der Waals surface area contributed by atoms with Crippen LogP contribution in [0.5, 0.6) is 5.75 Å². The van der Waals surface area contributed by atoms with Crippen molar-refractivity contribution in [2.45, 2.75) is 0 Å². The third-order valence-electron chi connectivity index (χ3n) is 2.03. The number of H-pyrrole nitrogens is 1. The van der Waals surface area contributed by atoms with E-state index < -0.39 is 4.92 Å². The molecule has 0 saturated carbocycles. The van der Waals surface area contributed by atoms with Crippen molar-refractivity contribution >= 4 is 16.7 Å². The molecule has 1 aromatic heterocycles. The van der Waals surface area contributed by atoms with Gasteiger partial charge in [0.15, 0.2) is 0 Å². The summed E-state index contributed by atoms with van der Waals surface area (Å²) >= 11 is 0. The Hall–Kier alpha value is -2.04. The molecule has 0 spiro atoms. The Morgan fingerprint density at radius 1 is 1.43 bits per heavy atom. The smallest absolute Gasteiger partial charge is 0.364 e. The highest BCUT2D eigenvalue weighted by Gasteiger charge is 2.20. The number of hydrogen-bond donors (Lipinski definition) is 1. The second kappa shape index (κ2) is 3.02. The molecule has 0 atom stereocenters. The van der Waals surface area contributed by atoms with Crippen LogP contribution in [0.25, 0.3) is 10.9 Å². The lowest BCUT2D eigenvalue weighted by atomic mass is 10.2. The van der Waals surface area contributed by atoms with Gasteiger partial charge in [-0.05, 0) is 17.1 Å². The molecule has 1 heterocycles. The molecule has 72 valence electrons. The first-order valence-electron chi connectivity index (χ1n) is 4.03. The molecule has 0 aliphatic heterocycles. The van der Waals surface area contributed by atoms with Gasteiger partial charge in [0, 0.05) is 0 Å². The van der Waals surface area contributed by atoms with Crippen molar-refractivity contribution in [1.82, 2.24) is 4.98 Å². The number of fused-ring (bicyclic) bond motifs is 1. The van der Waals surface area contributed by atoms with Crippen LogP contribution in [-0.2, 0) is 0 Å². The minimum Gasteiger partial charge on any atom is -0.489 e. The van der Waals surface area contributed by atoms with E-state index in [-0.39, 0.29) is 11.6 Å². The molecule has 5 nitrogen and oxygen atoms in total. The summed E-state index contributed by atoms with van der Waals surface area (Å²) < 4.78 is 4.99. The van der Waals surface area contributed by atoms with E-state index in [0.29, 0.717) is 5.52 Å². The monoisotopic (exact) mass is 192 g/mol. The number of aromatic amines is 1. The lowest BCUT2D eigenvalue weighted by Crippen LogP contribution is -1.91. The summed E-state index contributed by atoms with van der Waals surface area (Å²) in [5.41, 5.74) is 0.705. The van der Waals surface area contributed by atoms with Crippen molar-refractivity contribution in [2.75, 3.05) is 7.11 Å². The number of aromatic nitrogens is 1. The maximum Gasteiger partial charge on any atom is 0.364 e. The Morgan fingerprint density at radius 3 is 2.79 bits per heavy atom. The fourth-order valence-electron chi connectivity index (χ4n) is 1.44. The van der Waals surface area contributed by atoms with Gasteiger partial charge in [-0.3, -0.25) is 0 Å². The van der Waals surface area contributed by atoms with Crippen LogP contribution in [0.15, 0.2) is 24.3 Å². The van der Waals surface area contributed by atoms with Crippen LogP contribution in [0.1, 0.15) is 0 Å². The van der Waals surface area contributed by atoms with Crippen LogP contribution < -0.4 is 4.74 Å². The van der Waals surface area contributed by atoms with Gasteiger partial charge >= 0.3 is 5.82 Å². The molecule has 0 unspecified atom stereocenters. The van der Waals surface area contributed by atoms with Crippen molar-refractivity contribution in [2.24, 2.45) is 0 Å². The van der Waals surface area contributed by atoms with E-state index in [1.54, 1.807) is 12.1 Å². The third kappa shape index (κ3) is 1.10. The van der Waals surface area contributed by atoms with Crippen molar-refractivity contribution in [3.63, 3.8) is 0 Å². The average Bonchev–Trinajstić information content (AvgIpc) is 2.56. The molecule has 0 saturated heterocycles. The largest absolute Gasteiger partial charge is 0.489 e. The number of nitro groups is 1. The fourth-order valence-corrected chi connectivity index (χ4v) is 1.44. The quantitative estimate of drug-likeness (QED) is 0.585. The Balaban J connectivity index is 2.78. The van der Waals surface area contributed by atoms with Gasteiger partial charge in [-0.1, -0.05) is 12.1 Å². The molecule has 1 N–H and O–H groups in total. The standard InChI is InChI=1S/C9H8N2O3/c1-14-8-6-4-2-3-5-7(6)10-9(8)11(12)13/h2-5,10H,1H3. The maximum absolute atomic E-state index is 10.6. The van der Waals surface area contributed by atoms with Gasteiger partial charge in [-0.15, -0.1) is 0 Å². The van der Waals surface area contributed by atoms with Gasteiger partial charge < -0.3 is 14.9 Å². The highest BCUT2D eigenvalue weighted by Crippen LogP contribution is 2.34. The minimum atomic E-state index is -0.487. The Labute approximate surface area is 79.5 Å². The zero-order chi connectivity index (χ0) is 10.1. The Bertz CT molecular complexity index is 490. The van der Waals surface area contributed by atoms with Crippen LogP contribution in [-0.4, -0.2) is 17.0 Å². The molecule has 0 bridgehead atoms. The van der Waals surface area contributed by atoms with E-state index in [9.17, 15) is 10.1 Å². The zero-order valence-corrected chi connectivity index (χ0v) is 7.48. The molecule has 14 heavy (non-hydrogen) atoms. The second-order valence-electron chi connectivity index (χ2n) is 2.81. The molecule has 0 aliphatic carbocycles. The molecule has 0 radical (unpaired) electrons. The number of benzene rings is 1. The topological polar surface area (TPSA) is 68.2 Å². The maximum atomic E-state index is 10.6. The summed E-state index contributed by atoms with van der Waals surface area (Å²) in [6, 6.07) is 7.16. The third-order valence-corrected chi connectivity index (χ3v) is 2.03. The molecule has 0 fully saturated rings. The van der Waals surface area contributed by atoms with Crippen LogP contribution in [0.2, 0.25) is 0 Å². The lowest BCUT2D eigenvalue weighted by molar-refractivity contribution is -0.389. The predicted octanol–water partition coefficient (Wildman–Crippen LogP) is 2.08. The summed E-state index contributed by atoms with van der Waals surface area (Å²) in [7, 11) is 1.42. The summed E-state index contributed by atoms with van der Waals surface area (Å²) in [4.78, 5) is 12.8. The zero-order valence-electron chi connectivity index (χ0n) is 7.48. The molecule has 0 amide bonds. The first-order chi connectivity index (χ1) is 6.74. The van der Waals surface area contributed by atoms with Crippen LogP contribution in [0, 0.1) is 10.1 Å². The highest BCUT2D eigenvalue weighted by atomic mass is 16.6. The molecule has 1 aromatic carbocycles. The summed E-state index contributed by atoms with van der Waals surface area (Å²) in [6.45, 7) is 0. The Morgan fingerprint density at radius 2 is 2.14 bits per heavy atom. The van der Waals surface area contributed by atoms with Gasteiger partial charge in [0.1, 0.15) is 5.52 Å². The van der Waals surface area contributed by atoms with Gasteiger partial charge in [0.05, 0.1) is 12.5 Å². The van der Waals surface area contributed by atoms with Crippen LogP contribution in [0.3, 0.4) is 0 Å². The number of para-hydroxylation sites is 1. The molecular weight excluding hydrogens is 184 g/mol. The predicted molar refractivity (Wildman–Crippen MR) is 51.5 cm³/mol. The molecule has 2 aromatic rings. The minimum absolute atomic E-state index is 0.103. The fraction of sp³-hybridized carbons (Fsp3) is 0.111. The van der Waals surface area contributed by atoms with Crippen molar-refractivity contribution in [3.05, 3.63) is 34.4 Å². The van der Waals surface area contributed by atoms with Crippen LogP contribution in [0.4, 0.5) is 5.82 Å². The van der Waals surface area contributed by atoms with E-state index in [2.05, 4.69) is 4.98 Å². The molecule has 5 heteroatoms. The second-order valence-corrected chi connectivity index (χ2v) is 2.81. The van der Waals surface area contributed by atoms with Crippen molar-refractivity contribution in [3.8, 4) is 5.75 Å². The van der Waals surface area contributed by atoms with Crippen molar-refractivity contribution in [1.29, 1.82) is 0 Å². The summed E-state index contributed by atoms with van der Waals surface area (Å²) in [5.74, 6) is 0.180. The van der Waals surface area contributed by atoms with E-state index in [4.69, 9.17) is 4.74 Å². The number of methoxy groups -OCH3 is 1. The van der Waals surface area contributed by atoms with Crippen LogP contribution >= 0.6 is 0 Å². The van der Waals surface area contributed by atoms with E-state index in [1.807, 2.05) is 12.1 Å². The molecule has 0 aliphatic rings. The van der Waals surface area contributed by atoms with E-state index in [1.165, 1.54) is 7.11 Å². The SMILES string of the molecule is COc1c([N+](=O)[O-])[nH]c2ccccc12. The average molecular weight is 192 g/mol. The normalized spacial score (nSPS) is 10.4. The first kappa shape index (κ1) is 8.55. The number of nitrogens with one attached hydrogen (secondary N) is 1. The van der Waals surface area contributed by atoms with Gasteiger partial charge in [-0.2, -0.15) is 0 Å². The number of ether oxygens (including phenoxy) is 1. The number of rotatable bonds is 2. The number of hydrogen-bond acceptors (Lipinski definition) is 3. The molecule has 2 rings (SSSR count). The number of nitrogens with zero attached hydrogens (tertiary/aromatic N) is 1. The summed E-state index contributed by atoms with van der Waals surface area (Å²) in [6.07, 6.45) is 0. The first-order valence-corrected chi connectivity index (χ1v) is 4.03. The van der Waals surface area contributed by atoms with Crippen molar-refractivity contribution < 1.29 is 9.66 Å². The van der Waals surface area contributed by atoms with Gasteiger partial charge in [0.2, 0.25) is 5.75 Å². The lowest BCUT2D eigenvalue weighted by Gasteiger charge is -1.96. The molecular formula is C9H8N2O3. The van der Waals surface area contributed by atoms with E-state index >= 15 is 0 Å². The van der Waals surface area contributed by atoms with Gasteiger partial charge in [0.25, 0.3) is 0 Å². The summed E-state index contributed by atoms with van der Waals surface area (Å²) in [5, 5.41) is 11.4.